The van der Waals surface area contributed by atoms with Gasteiger partial charge < -0.3 is 9.47 Å². The lowest BCUT2D eigenvalue weighted by Crippen LogP contribution is -2.25. The van der Waals surface area contributed by atoms with Crippen molar-refractivity contribution in [3.8, 4) is 11.5 Å². The maximum Gasteiger partial charge on any atom is 0.437 e. The van der Waals surface area contributed by atoms with E-state index in [0.29, 0.717) is 30.2 Å². The Kier molecular flexibility index (Phi) is 14.3. The Labute approximate surface area is 294 Å². The normalized spacial score (nSPS) is 13.5. The highest BCUT2D eigenvalue weighted by atomic mass is 32.2. The second kappa shape index (κ2) is 17.6. The van der Waals surface area contributed by atoms with Gasteiger partial charge in [0, 0.05) is 23.2 Å². The zero-order valence-electron chi connectivity index (χ0n) is 25.3. The topological polar surface area (TPSA) is 223 Å². The van der Waals surface area contributed by atoms with E-state index < -0.39 is 87.4 Å². The SMILES string of the molecule is O=S(=O)(O)CCOc1ccc(/C(=N/OS(=O)(=O)c2cccc(S(=O)(=O)O/N=C(\c3ccc(OCCSOOO)cc3)C(F)(F)F)c2)C(F)(F)F)cc1. The molecule has 3 rings (SSSR count). The summed E-state index contributed by atoms with van der Waals surface area (Å²) in [5.74, 6) is -0.738. The van der Waals surface area contributed by atoms with Crippen LogP contribution in [0.4, 0.5) is 26.3 Å². The van der Waals surface area contributed by atoms with Crippen LogP contribution in [0, 0.1) is 0 Å². The van der Waals surface area contributed by atoms with Crippen LogP contribution in [0.2, 0.25) is 0 Å². The third-order valence-corrected chi connectivity index (χ3v) is 9.13. The van der Waals surface area contributed by atoms with Crippen molar-refractivity contribution in [3.05, 3.63) is 83.9 Å². The molecule has 0 atom stereocenters. The van der Waals surface area contributed by atoms with E-state index in [9.17, 15) is 51.6 Å². The summed E-state index contributed by atoms with van der Waals surface area (Å²) in [7, 11) is -15.0. The Morgan fingerprint density at radius 3 is 1.48 bits per heavy atom. The molecule has 0 aromatic heterocycles. The van der Waals surface area contributed by atoms with E-state index in [1.165, 1.54) is 0 Å². The van der Waals surface area contributed by atoms with Gasteiger partial charge in [-0.1, -0.05) is 21.4 Å². The van der Waals surface area contributed by atoms with Gasteiger partial charge in [-0.2, -0.15) is 51.6 Å². The minimum absolute atomic E-state index is 0.0277. The van der Waals surface area contributed by atoms with Gasteiger partial charge in [0.25, 0.3) is 10.1 Å². The van der Waals surface area contributed by atoms with E-state index in [1.807, 2.05) is 0 Å². The predicted molar refractivity (Wildman–Crippen MR) is 166 cm³/mol. The summed E-state index contributed by atoms with van der Waals surface area (Å²) in [5, 5.41) is 16.8. The quantitative estimate of drug-likeness (QED) is 0.0336. The number of rotatable bonds is 18. The molecule has 286 valence electrons. The van der Waals surface area contributed by atoms with Crippen molar-refractivity contribution < 1.29 is 88.8 Å². The van der Waals surface area contributed by atoms with Crippen LogP contribution in [0.3, 0.4) is 0 Å². The summed E-state index contributed by atoms with van der Waals surface area (Å²) in [4.78, 5) is -2.20. The molecule has 0 aliphatic rings. The van der Waals surface area contributed by atoms with E-state index in [0.717, 1.165) is 54.6 Å². The molecule has 0 aliphatic heterocycles. The maximum absolute atomic E-state index is 13.8. The number of oxime groups is 2. The Hall–Kier alpha value is -4.18. The molecular formula is C26H22F6N2O14S4. The first-order valence-corrected chi connectivity index (χ1v) is 18.7. The molecule has 2 N–H and O–H groups in total. The van der Waals surface area contributed by atoms with Crippen LogP contribution in [0.5, 0.6) is 11.5 Å². The molecule has 0 saturated carbocycles. The number of hydrogen-bond acceptors (Lipinski definition) is 16. The fourth-order valence-corrected chi connectivity index (χ4v) is 5.69. The van der Waals surface area contributed by atoms with Crippen LogP contribution in [0.1, 0.15) is 11.1 Å². The van der Waals surface area contributed by atoms with Gasteiger partial charge in [0.15, 0.2) is 11.4 Å². The van der Waals surface area contributed by atoms with E-state index >= 15 is 0 Å². The van der Waals surface area contributed by atoms with Gasteiger partial charge in [-0.3, -0.25) is 13.1 Å². The van der Waals surface area contributed by atoms with Crippen LogP contribution >= 0.6 is 12.0 Å². The molecule has 26 heteroatoms. The summed E-state index contributed by atoms with van der Waals surface area (Å²) in [6.45, 7) is -0.582. The van der Waals surface area contributed by atoms with Crippen molar-refractivity contribution in [1.82, 2.24) is 0 Å². The Bertz CT molecular complexity index is 2060. The molecule has 0 bridgehead atoms. The fraction of sp³-hybridized carbons (Fsp3) is 0.231. The first-order valence-electron chi connectivity index (χ1n) is 13.4. The molecule has 0 aliphatic carbocycles. The zero-order valence-corrected chi connectivity index (χ0v) is 28.6. The number of halogens is 6. The number of ether oxygens (including phenoxy) is 2. The molecule has 0 heterocycles. The summed E-state index contributed by atoms with van der Waals surface area (Å²) < 4.78 is 186. The number of nitrogens with zero attached hydrogens (tertiary/aromatic N) is 2. The smallest absolute Gasteiger partial charge is 0.437 e. The molecule has 3 aromatic rings. The van der Waals surface area contributed by atoms with Gasteiger partial charge in [0.1, 0.15) is 33.6 Å². The highest BCUT2D eigenvalue weighted by Crippen LogP contribution is 2.28. The molecule has 0 spiro atoms. The average molecular weight is 829 g/mol. The number of benzene rings is 3. The van der Waals surface area contributed by atoms with Crippen LogP contribution < -0.4 is 9.47 Å². The van der Waals surface area contributed by atoms with Crippen molar-refractivity contribution in [2.45, 2.75) is 22.1 Å². The van der Waals surface area contributed by atoms with Crippen LogP contribution in [-0.2, 0) is 48.3 Å². The van der Waals surface area contributed by atoms with E-state index in [4.69, 9.17) is 19.3 Å². The lowest BCUT2D eigenvalue weighted by Gasteiger charge is -2.12. The van der Waals surface area contributed by atoms with Crippen LogP contribution in [0.15, 0.2) is 92.9 Å². The van der Waals surface area contributed by atoms with Crippen molar-refractivity contribution in [2.24, 2.45) is 10.3 Å². The van der Waals surface area contributed by atoms with Crippen molar-refractivity contribution >= 4 is 53.8 Å². The highest BCUT2D eigenvalue weighted by molar-refractivity contribution is 7.94. The van der Waals surface area contributed by atoms with Crippen molar-refractivity contribution in [3.63, 3.8) is 0 Å². The third kappa shape index (κ3) is 13.1. The largest absolute Gasteiger partial charge is 0.493 e. The summed E-state index contributed by atoms with van der Waals surface area (Å²) in [6, 6.07) is 9.74. The average Bonchev–Trinajstić information content (AvgIpc) is 3.04. The minimum Gasteiger partial charge on any atom is -0.493 e. The van der Waals surface area contributed by atoms with E-state index in [1.54, 1.807) is 0 Å². The number of alkyl halides is 6. The van der Waals surface area contributed by atoms with Gasteiger partial charge in [-0.15, -0.1) is 4.33 Å². The van der Waals surface area contributed by atoms with Crippen LogP contribution in [0.25, 0.3) is 0 Å². The Morgan fingerprint density at radius 1 is 0.673 bits per heavy atom. The van der Waals surface area contributed by atoms with Gasteiger partial charge in [-0.25, -0.2) is 5.26 Å². The van der Waals surface area contributed by atoms with Crippen LogP contribution in [-0.4, -0.2) is 83.6 Å². The second-order valence-electron chi connectivity index (χ2n) is 9.40. The molecule has 0 amide bonds. The molecule has 3 aromatic carbocycles. The lowest BCUT2D eigenvalue weighted by atomic mass is 10.1. The second-order valence-corrected chi connectivity index (χ2v) is 14.8. The summed E-state index contributed by atoms with van der Waals surface area (Å²) >= 11 is 0.653. The molecule has 52 heavy (non-hydrogen) atoms. The Morgan fingerprint density at radius 2 is 1.10 bits per heavy atom. The molecule has 16 nitrogen and oxygen atoms in total. The van der Waals surface area contributed by atoms with Gasteiger partial charge in [-0.05, 0) is 66.7 Å². The van der Waals surface area contributed by atoms with Crippen molar-refractivity contribution in [1.29, 1.82) is 0 Å². The molecular weight excluding hydrogens is 807 g/mol. The first kappa shape index (κ1) is 42.2. The molecule has 0 fully saturated rings. The maximum atomic E-state index is 13.8. The zero-order chi connectivity index (χ0) is 38.8. The predicted octanol–water partition coefficient (Wildman–Crippen LogP) is 4.75. The van der Waals surface area contributed by atoms with Gasteiger partial charge in [0.2, 0.25) is 0 Å². The van der Waals surface area contributed by atoms with E-state index in [-0.39, 0.29) is 23.9 Å². The van der Waals surface area contributed by atoms with Crippen molar-refractivity contribution in [2.75, 3.05) is 24.7 Å². The summed E-state index contributed by atoms with van der Waals surface area (Å²) in [6.07, 6.45) is -10.6. The molecule has 0 saturated heterocycles. The first-order chi connectivity index (χ1) is 24.1. The Balaban J connectivity index is 1.80. The minimum atomic E-state index is -5.32. The third-order valence-electron chi connectivity index (χ3n) is 5.75. The molecule has 0 radical (unpaired) electrons. The molecule has 0 unspecified atom stereocenters. The highest BCUT2D eigenvalue weighted by Gasteiger charge is 2.40. The van der Waals surface area contributed by atoms with E-state index in [2.05, 4.69) is 28.3 Å². The fourth-order valence-electron chi connectivity index (χ4n) is 3.51. The van der Waals surface area contributed by atoms with Gasteiger partial charge in [0.05, 0.1) is 12.4 Å². The summed E-state index contributed by atoms with van der Waals surface area (Å²) in [5.41, 5.74) is -5.15. The number of hydrogen-bond donors (Lipinski definition) is 2. The standard InChI is InChI=1S/C26H22F6N2O14S4/c27-25(28,29)23(17-4-8-19(9-5-17)43-12-14-49-48-47-35)33-45-51(39,40)21-2-1-3-22(16-21)52(41,42)46-34-24(26(30,31)32)18-6-10-20(11-7-18)44-13-15-50(36,37)38/h1-11,16,35H,12-15H2,(H,36,37,38)/b33-23+,34-24-. The lowest BCUT2D eigenvalue weighted by molar-refractivity contribution is -0.432. The van der Waals surface area contributed by atoms with Gasteiger partial charge >= 0.3 is 32.6 Å². The monoisotopic (exact) mass is 828 g/mol.